The van der Waals surface area contributed by atoms with Crippen LogP contribution in [0.5, 0.6) is 11.6 Å². The van der Waals surface area contributed by atoms with Gasteiger partial charge < -0.3 is 4.74 Å². The fourth-order valence-electron chi connectivity index (χ4n) is 1.30. The second kappa shape index (κ2) is 5.32. The molecule has 2 nitrogen and oxygen atoms in total. The van der Waals surface area contributed by atoms with Crippen LogP contribution in [0.1, 0.15) is 5.69 Å². The molecular weight excluding hydrogens is 372 g/mol. The minimum absolute atomic E-state index is 0.201. The molecule has 1 aromatic heterocycles. The van der Waals surface area contributed by atoms with Crippen molar-refractivity contribution in [3.05, 3.63) is 50.5 Å². The van der Waals surface area contributed by atoms with Gasteiger partial charge in [-0.15, -0.1) is 0 Å². The number of nitrogens with zero attached hydrogens (tertiary/aromatic N) is 1. The van der Waals surface area contributed by atoms with Gasteiger partial charge >= 0.3 is 0 Å². The molecule has 0 aliphatic carbocycles. The summed E-state index contributed by atoms with van der Waals surface area (Å²) in [5.41, 5.74) is 0.698. The van der Waals surface area contributed by atoms with Gasteiger partial charge in [0.05, 0.1) is 5.69 Å². The first-order valence-corrected chi connectivity index (χ1v) is 6.51. The van der Waals surface area contributed by atoms with E-state index in [2.05, 4.69) is 36.8 Å². The summed E-state index contributed by atoms with van der Waals surface area (Å²) in [5.74, 6) is -2.03. The van der Waals surface area contributed by atoms with E-state index in [1.807, 2.05) is 0 Å². The predicted molar refractivity (Wildman–Crippen MR) is 70.8 cm³/mol. The Morgan fingerprint density at radius 1 is 1.17 bits per heavy atom. The molecule has 1 aromatic carbocycles. The number of ether oxygens (including phenoxy) is 1. The molecule has 0 saturated heterocycles. The Labute approximate surface area is 119 Å². The fraction of sp³-hybridized carbons (Fsp3) is 0.0833. The van der Waals surface area contributed by atoms with Gasteiger partial charge in [-0.05, 0) is 41.1 Å². The Morgan fingerprint density at radius 3 is 2.56 bits per heavy atom. The monoisotopic (exact) mass is 377 g/mol. The van der Waals surface area contributed by atoms with E-state index in [9.17, 15) is 8.78 Å². The topological polar surface area (TPSA) is 22.1 Å². The molecule has 0 bridgehead atoms. The van der Waals surface area contributed by atoms with Crippen LogP contribution in [0.3, 0.4) is 0 Å². The summed E-state index contributed by atoms with van der Waals surface area (Å²) in [5, 5.41) is 0. The highest BCUT2D eigenvalue weighted by Crippen LogP contribution is 2.29. The number of rotatable bonds is 2. The zero-order chi connectivity index (χ0) is 13.3. The zero-order valence-electron chi connectivity index (χ0n) is 9.18. The molecule has 0 fully saturated rings. The van der Waals surface area contributed by atoms with Crippen LogP contribution >= 0.6 is 31.9 Å². The van der Waals surface area contributed by atoms with Crippen molar-refractivity contribution in [2.75, 3.05) is 0 Å². The standard InChI is InChI=1S/C12H7Br2F2NO/c1-6-8(14)2-3-11(17-6)18-10-5-7(13)4-9(15)12(10)16/h2-5H,1H3. The molecule has 2 aromatic rings. The van der Waals surface area contributed by atoms with E-state index in [4.69, 9.17) is 4.74 Å². The second-order valence-corrected chi connectivity index (χ2v) is 5.29. The van der Waals surface area contributed by atoms with Gasteiger partial charge in [-0.2, -0.15) is 4.39 Å². The molecule has 2 rings (SSSR count). The van der Waals surface area contributed by atoms with Crippen LogP contribution in [0.25, 0.3) is 0 Å². The molecule has 1 heterocycles. The van der Waals surface area contributed by atoms with Crippen molar-refractivity contribution < 1.29 is 13.5 Å². The van der Waals surface area contributed by atoms with E-state index in [0.29, 0.717) is 10.2 Å². The summed E-state index contributed by atoms with van der Waals surface area (Å²) in [6, 6.07) is 5.67. The molecule has 18 heavy (non-hydrogen) atoms. The lowest BCUT2D eigenvalue weighted by Crippen LogP contribution is -1.95. The molecule has 0 unspecified atom stereocenters. The predicted octanol–water partition coefficient (Wildman–Crippen LogP) is 4.99. The van der Waals surface area contributed by atoms with Crippen LogP contribution in [0.4, 0.5) is 8.78 Å². The molecule has 0 aliphatic rings. The van der Waals surface area contributed by atoms with Gasteiger partial charge in [0.25, 0.3) is 0 Å². The summed E-state index contributed by atoms with van der Waals surface area (Å²) in [7, 11) is 0. The lowest BCUT2D eigenvalue weighted by Gasteiger charge is -2.08. The molecular formula is C12H7Br2F2NO. The van der Waals surface area contributed by atoms with E-state index in [-0.39, 0.29) is 11.6 Å². The summed E-state index contributed by atoms with van der Waals surface area (Å²) in [6.07, 6.45) is 0. The van der Waals surface area contributed by atoms with Crippen LogP contribution in [-0.2, 0) is 0 Å². The third-order valence-corrected chi connectivity index (χ3v) is 3.47. The highest BCUT2D eigenvalue weighted by atomic mass is 79.9. The second-order valence-electron chi connectivity index (χ2n) is 3.52. The van der Waals surface area contributed by atoms with Gasteiger partial charge in [0.15, 0.2) is 11.6 Å². The van der Waals surface area contributed by atoms with Crippen LogP contribution in [0.15, 0.2) is 33.2 Å². The first-order valence-electron chi connectivity index (χ1n) is 4.93. The zero-order valence-corrected chi connectivity index (χ0v) is 12.3. The highest BCUT2D eigenvalue weighted by Gasteiger charge is 2.13. The van der Waals surface area contributed by atoms with Gasteiger partial charge in [0.1, 0.15) is 0 Å². The van der Waals surface area contributed by atoms with Gasteiger partial charge in [0, 0.05) is 15.0 Å². The van der Waals surface area contributed by atoms with Crippen LogP contribution in [0.2, 0.25) is 0 Å². The number of hydrogen-bond donors (Lipinski definition) is 0. The van der Waals surface area contributed by atoms with Gasteiger partial charge in [-0.1, -0.05) is 15.9 Å². The van der Waals surface area contributed by atoms with Crippen molar-refractivity contribution in [3.63, 3.8) is 0 Å². The molecule has 0 aliphatic heterocycles. The number of hydrogen-bond acceptors (Lipinski definition) is 2. The van der Waals surface area contributed by atoms with Crippen molar-refractivity contribution in [1.29, 1.82) is 0 Å². The van der Waals surface area contributed by atoms with Gasteiger partial charge in [0.2, 0.25) is 11.7 Å². The lowest BCUT2D eigenvalue weighted by atomic mass is 10.3. The smallest absolute Gasteiger partial charge is 0.219 e. The van der Waals surface area contributed by atoms with Crippen molar-refractivity contribution in [1.82, 2.24) is 4.98 Å². The Kier molecular flexibility index (Phi) is 3.97. The van der Waals surface area contributed by atoms with Crippen molar-refractivity contribution in [2.45, 2.75) is 6.92 Å². The number of aromatic nitrogens is 1. The number of pyridine rings is 1. The van der Waals surface area contributed by atoms with Crippen LogP contribution in [-0.4, -0.2) is 4.98 Å². The molecule has 0 amide bonds. The number of benzene rings is 1. The molecule has 0 spiro atoms. The first kappa shape index (κ1) is 13.4. The highest BCUT2D eigenvalue weighted by molar-refractivity contribution is 9.10. The van der Waals surface area contributed by atoms with Crippen molar-refractivity contribution in [2.24, 2.45) is 0 Å². The van der Waals surface area contributed by atoms with E-state index in [0.717, 1.165) is 10.5 Å². The summed E-state index contributed by atoms with van der Waals surface area (Å²) >= 11 is 6.36. The van der Waals surface area contributed by atoms with E-state index in [1.54, 1.807) is 19.1 Å². The number of halogens is 4. The first-order chi connectivity index (χ1) is 8.47. The molecule has 6 heteroatoms. The normalized spacial score (nSPS) is 10.5. The van der Waals surface area contributed by atoms with Gasteiger partial charge in [-0.3, -0.25) is 0 Å². The summed E-state index contributed by atoms with van der Waals surface area (Å²) in [6.45, 7) is 1.77. The summed E-state index contributed by atoms with van der Waals surface area (Å²) < 4.78 is 33.1. The average Bonchev–Trinajstić information content (AvgIpc) is 2.30. The van der Waals surface area contributed by atoms with Crippen molar-refractivity contribution >= 4 is 31.9 Å². The average molecular weight is 379 g/mol. The molecule has 94 valence electrons. The Morgan fingerprint density at radius 2 is 1.89 bits per heavy atom. The van der Waals surface area contributed by atoms with Gasteiger partial charge in [-0.25, -0.2) is 9.37 Å². The maximum absolute atomic E-state index is 13.5. The molecule has 0 atom stereocenters. The maximum Gasteiger partial charge on any atom is 0.219 e. The van der Waals surface area contributed by atoms with E-state index in [1.165, 1.54) is 6.07 Å². The van der Waals surface area contributed by atoms with Crippen molar-refractivity contribution in [3.8, 4) is 11.6 Å². The Hall–Kier alpha value is -1.01. The number of aryl methyl sites for hydroxylation is 1. The maximum atomic E-state index is 13.5. The molecule has 0 saturated carbocycles. The minimum atomic E-state index is -1.04. The molecule has 0 radical (unpaired) electrons. The largest absolute Gasteiger partial charge is 0.436 e. The SMILES string of the molecule is Cc1nc(Oc2cc(Br)cc(F)c2F)ccc1Br. The fourth-order valence-corrected chi connectivity index (χ4v) is 1.93. The van der Waals surface area contributed by atoms with E-state index >= 15 is 0 Å². The quantitative estimate of drug-likeness (QED) is 0.687. The summed E-state index contributed by atoms with van der Waals surface area (Å²) in [4.78, 5) is 4.09. The van der Waals surface area contributed by atoms with E-state index < -0.39 is 11.6 Å². The third-order valence-electron chi connectivity index (χ3n) is 2.17. The Bertz CT molecular complexity index is 605. The molecule has 0 N–H and O–H groups in total. The van der Waals surface area contributed by atoms with Crippen LogP contribution in [0, 0.1) is 18.6 Å². The minimum Gasteiger partial charge on any atom is -0.436 e. The third kappa shape index (κ3) is 2.87. The van der Waals surface area contributed by atoms with Crippen LogP contribution < -0.4 is 4.74 Å². The lowest BCUT2D eigenvalue weighted by molar-refractivity contribution is 0.404. The Balaban J connectivity index is 2.36.